The number of hydrogen-bond acceptors (Lipinski definition) is 1. The molecule has 2 aromatic rings. The molecule has 1 aromatic heterocycles. The van der Waals surface area contributed by atoms with Gasteiger partial charge in [-0.15, -0.1) is 11.6 Å². The van der Waals surface area contributed by atoms with Gasteiger partial charge in [0.05, 0.1) is 5.38 Å². The van der Waals surface area contributed by atoms with Crippen LogP contribution in [-0.2, 0) is 0 Å². The third-order valence-corrected chi connectivity index (χ3v) is 3.16. The van der Waals surface area contributed by atoms with E-state index in [1.807, 2.05) is 18.3 Å². The molecule has 2 heteroatoms. The fraction of sp³-hybridized carbons (Fsp3) is 0.214. The topological polar surface area (TPSA) is 12.9 Å². The van der Waals surface area contributed by atoms with E-state index in [0.29, 0.717) is 0 Å². The molecule has 0 saturated heterocycles. The quantitative estimate of drug-likeness (QED) is 0.712. The molecule has 0 N–H and O–H groups in total. The number of aromatic nitrogens is 1. The van der Waals surface area contributed by atoms with Gasteiger partial charge in [0.25, 0.3) is 0 Å². The molecule has 0 fully saturated rings. The van der Waals surface area contributed by atoms with Crippen LogP contribution in [0.15, 0.2) is 42.7 Å². The third kappa shape index (κ3) is 2.25. The second kappa shape index (κ2) is 4.67. The molecule has 0 amide bonds. The first-order valence-electron chi connectivity index (χ1n) is 5.29. The molecule has 82 valence electrons. The maximum atomic E-state index is 6.45. The lowest BCUT2D eigenvalue weighted by Crippen LogP contribution is -1.97. The number of benzene rings is 1. The monoisotopic (exact) mass is 231 g/mol. The summed E-state index contributed by atoms with van der Waals surface area (Å²) in [6, 6.07) is 10.3. The van der Waals surface area contributed by atoms with E-state index in [1.165, 1.54) is 11.1 Å². The van der Waals surface area contributed by atoms with Crippen LogP contribution in [0.3, 0.4) is 0 Å². The van der Waals surface area contributed by atoms with Crippen LogP contribution in [0.2, 0.25) is 0 Å². The maximum absolute atomic E-state index is 6.45. The number of hydrogen-bond donors (Lipinski definition) is 0. The van der Waals surface area contributed by atoms with Crippen LogP contribution in [0, 0.1) is 13.8 Å². The lowest BCUT2D eigenvalue weighted by Gasteiger charge is -2.13. The van der Waals surface area contributed by atoms with E-state index in [1.54, 1.807) is 6.20 Å². The highest BCUT2D eigenvalue weighted by atomic mass is 35.5. The molecular weight excluding hydrogens is 218 g/mol. The Labute approximate surface area is 101 Å². The minimum atomic E-state index is -0.116. The Morgan fingerprint density at radius 3 is 2.62 bits per heavy atom. The summed E-state index contributed by atoms with van der Waals surface area (Å²) in [5, 5.41) is -0.116. The predicted molar refractivity (Wildman–Crippen MR) is 67.8 cm³/mol. The number of nitrogens with zero attached hydrogens (tertiary/aromatic N) is 1. The minimum absolute atomic E-state index is 0.116. The van der Waals surface area contributed by atoms with Gasteiger partial charge in [0.2, 0.25) is 0 Å². The smallest absolute Gasteiger partial charge is 0.0852 e. The number of pyridine rings is 1. The average molecular weight is 232 g/mol. The van der Waals surface area contributed by atoms with Gasteiger partial charge in [-0.3, -0.25) is 4.98 Å². The number of halogens is 1. The summed E-state index contributed by atoms with van der Waals surface area (Å²) in [6.07, 6.45) is 3.58. The van der Waals surface area contributed by atoms with Gasteiger partial charge in [-0.1, -0.05) is 29.8 Å². The van der Waals surface area contributed by atoms with Gasteiger partial charge in [0.1, 0.15) is 0 Å². The second-order valence-electron chi connectivity index (χ2n) is 4.01. The molecule has 16 heavy (non-hydrogen) atoms. The summed E-state index contributed by atoms with van der Waals surface area (Å²) < 4.78 is 0. The largest absolute Gasteiger partial charge is 0.264 e. The summed E-state index contributed by atoms with van der Waals surface area (Å²) in [6.45, 7) is 4.18. The van der Waals surface area contributed by atoms with Gasteiger partial charge >= 0.3 is 0 Å². The summed E-state index contributed by atoms with van der Waals surface area (Å²) in [4.78, 5) is 4.09. The van der Waals surface area contributed by atoms with Gasteiger partial charge in [-0.05, 0) is 36.6 Å². The van der Waals surface area contributed by atoms with Gasteiger partial charge in [0, 0.05) is 12.4 Å². The Morgan fingerprint density at radius 1 is 1.19 bits per heavy atom. The summed E-state index contributed by atoms with van der Waals surface area (Å²) >= 11 is 6.45. The zero-order valence-corrected chi connectivity index (χ0v) is 10.2. The number of alkyl halides is 1. The van der Waals surface area contributed by atoms with E-state index < -0.39 is 0 Å². The van der Waals surface area contributed by atoms with E-state index in [4.69, 9.17) is 11.6 Å². The molecule has 0 aliphatic carbocycles. The molecule has 1 nitrogen and oxygen atoms in total. The van der Waals surface area contributed by atoms with Gasteiger partial charge in [-0.2, -0.15) is 0 Å². The standard InChI is InChI=1S/C14H14ClN/c1-10-5-6-13(11(2)8-10)14(15)12-4-3-7-16-9-12/h3-9,14H,1-2H3. The maximum Gasteiger partial charge on any atom is 0.0852 e. The Bertz CT molecular complexity index is 479. The van der Waals surface area contributed by atoms with Crippen LogP contribution in [0.5, 0.6) is 0 Å². The lowest BCUT2D eigenvalue weighted by molar-refractivity contribution is 1.08. The van der Waals surface area contributed by atoms with Crippen molar-refractivity contribution in [3.8, 4) is 0 Å². The molecule has 1 aromatic carbocycles. The van der Waals surface area contributed by atoms with E-state index in [-0.39, 0.29) is 5.38 Å². The van der Waals surface area contributed by atoms with Crippen LogP contribution in [-0.4, -0.2) is 4.98 Å². The number of aryl methyl sites for hydroxylation is 2. The van der Waals surface area contributed by atoms with Crippen molar-refractivity contribution in [2.24, 2.45) is 0 Å². The Balaban J connectivity index is 2.38. The Morgan fingerprint density at radius 2 is 2.00 bits per heavy atom. The highest BCUT2D eigenvalue weighted by molar-refractivity contribution is 6.22. The van der Waals surface area contributed by atoms with Crippen LogP contribution >= 0.6 is 11.6 Å². The van der Waals surface area contributed by atoms with Crippen molar-refractivity contribution in [1.82, 2.24) is 4.98 Å². The van der Waals surface area contributed by atoms with Crippen LogP contribution in [0.1, 0.15) is 27.6 Å². The van der Waals surface area contributed by atoms with Crippen molar-refractivity contribution in [2.75, 3.05) is 0 Å². The van der Waals surface area contributed by atoms with Crippen molar-refractivity contribution in [3.05, 3.63) is 65.0 Å². The molecule has 1 unspecified atom stereocenters. The Kier molecular flexibility index (Phi) is 3.25. The third-order valence-electron chi connectivity index (χ3n) is 2.68. The van der Waals surface area contributed by atoms with Gasteiger partial charge in [0.15, 0.2) is 0 Å². The van der Waals surface area contributed by atoms with Crippen molar-refractivity contribution in [2.45, 2.75) is 19.2 Å². The second-order valence-corrected chi connectivity index (χ2v) is 4.45. The van der Waals surface area contributed by atoms with Crippen molar-refractivity contribution in [3.63, 3.8) is 0 Å². The first-order chi connectivity index (χ1) is 7.68. The summed E-state index contributed by atoms with van der Waals surface area (Å²) in [5.74, 6) is 0. The van der Waals surface area contributed by atoms with Crippen LogP contribution in [0.25, 0.3) is 0 Å². The molecule has 0 aliphatic rings. The highest BCUT2D eigenvalue weighted by Gasteiger charge is 2.12. The van der Waals surface area contributed by atoms with Crippen molar-refractivity contribution < 1.29 is 0 Å². The molecule has 1 atom stereocenters. The molecule has 0 aliphatic heterocycles. The fourth-order valence-electron chi connectivity index (χ4n) is 1.82. The first kappa shape index (κ1) is 11.2. The Hall–Kier alpha value is -1.34. The van der Waals surface area contributed by atoms with E-state index >= 15 is 0 Å². The molecule has 0 bridgehead atoms. The predicted octanol–water partition coefficient (Wildman–Crippen LogP) is 4.03. The highest BCUT2D eigenvalue weighted by Crippen LogP contribution is 2.30. The molecule has 0 spiro atoms. The van der Waals surface area contributed by atoms with Gasteiger partial charge in [-0.25, -0.2) is 0 Å². The molecular formula is C14H14ClN. The van der Waals surface area contributed by atoms with Crippen molar-refractivity contribution >= 4 is 11.6 Å². The van der Waals surface area contributed by atoms with Crippen LogP contribution < -0.4 is 0 Å². The van der Waals surface area contributed by atoms with E-state index in [0.717, 1.165) is 11.1 Å². The summed E-state index contributed by atoms with van der Waals surface area (Å²) in [7, 11) is 0. The van der Waals surface area contributed by atoms with E-state index in [9.17, 15) is 0 Å². The minimum Gasteiger partial charge on any atom is -0.264 e. The first-order valence-corrected chi connectivity index (χ1v) is 5.73. The zero-order valence-electron chi connectivity index (χ0n) is 9.44. The zero-order chi connectivity index (χ0) is 11.5. The number of rotatable bonds is 2. The molecule has 0 radical (unpaired) electrons. The lowest BCUT2D eigenvalue weighted by atomic mass is 9.99. The summed E-state index contributed by atoms with van der Waals surface area (Å²) in [5.41, 5.74) is 4.68. The molecule has 0 saturated carbocycles. The molecule has 1 heterocycles. The van der Waals surface area contributed by atoms with E-state index in [2.05, 4.69) is 37.0 Å². The SMILES string of the molecule is Cc1ccc(C(Cl)c2cccnc2)c(C)c1. The normalized spacial score (nSPS) is 12.4. The van der Waals surface area contributed by atoms with Gasteiger partial charge < -0.3 is 0 Å². The molecule has 2 rings (SSSR count). The van der Waals surface area contributed by atoms with Crippen molar-refractivity contribution in [1.29, 1.82) is 0 Å². The van der Waals surface area contributed by atoms with Crippen LogP contribution in [0.4, 0.5) is 0 Å². The average Bonchev–Trinajstić information content (AvgIpc) is 2.29. The fourth-order valence-corrected chi connectivity index (χ4v) is 2.19.